The molecule has 0 spiro atoms. The minimum absolute atomic E-state index is 0.0749. The highest BCUT2D eigenvalue weighted by atomic mass is 16.5. The van der Waals surface area contributed by atoms with Gasteiger partial charge in [0.15, 0.2) is 6.61 Å². The van der Waals surface area contributed by atoms with Crippen molar-refractivity contribution in [1.29, 1.82) is 0 Å². The van der Waals surface area contributed by atoms with Gasteiger partial charge in [0.25, 0.3) is 11.5 Å². The van der Waals surface area contributed by atoms with Gasteiger partial charge in [-0.3, -0.25) is 9.59 Å². The Morgan fingerprint density at radius 3 is 2.40 bits per heavy atom. The molecule has 0 aliphatic carbocycles. The van der Waals surface area contributed by atoms with Crippen molar-refractivity contribution in [3.63, 3.8) is 0 Å². The molecule has 1 amide bonds. The van der Waals surface area contributed by atoms with Crippen LogP contribution >= 0.6 is 0 Å². The van der Waals surface area contributed by atoms with E-state index in [9.17, 15) is 9.59 Å². The van der Waals surface area contributed by atoms with E-state index < -0.39 is 0 Å². The molecule has 0 atom stereocenters. The van der Waals surface area contributed by atoms with Gasteiger partial charge >= 0.3 is 0 Å². The number of carbonyl (C=O) groups is 1. The molecule has 7 nitrogen and oxygen atoms in total. The molecule has 2 aromatic carbocycles. The number of anilines is 1. The number of hydrogen-bond acceptors (Lipinski definition) is 5. The second-order valence-electron chi connectivity index (χ2n) is 7.28. The zero-order valence-electron chi connectivity index (χ0n) is 17.2. The predicted octanol–water partition coefficient (Wildman–Crippen LogP) is 2.27. The molecule has 30 heavy (non-hydrogen) atoms. The lowest BCUT2D eigenvalue weighted by atomic mass is 10.2. The van der Waals surface area contributed by atoms with E-state index in [2.05, 4.69) is 4.90 Å². The minimum atomic E-state index is -0.163. The molecule has 4 rings (SSSR count). The molecular weight excluding hydrogens is 382 g/mol. The van der Waals surface area contributed by atoms with Gasteiger partial charge in [-0.15, -0.1) is 0 Å². The summed E-state index contributed by atoms with van der Waals surface area (Å²) in [6, 6.07) is 16.9. The van der Waals surface area contributed by atoms with Crippen LogP contribution in [0, 0.1) is 0 Å². The van der Waals surface area contributed by atoms with Crippen LogP contribution in [0.15, 0.2) is 59.4 Å². The third-order valence-electron chi connectivity index (χ3n) is 5.54. The van der Waals surface area contributed by atoms with Gasteiger partial charge in [-0.05, 0) is 36.4 Å². The number of hydrogen-bond donors (Lipinski definition) is 0. The quantitative estimate of drug-likeness (QED) is 0.649. The van der Waals surface area contributed by atoms with Crippen LogP contribution in [0.1, 0.15) is 0 Å². The van der Waals surface area contributed by atoms with E-state index in [0.717, 1.165) is 35.4 Å². The van der Waals surface area contributed by atoms with Crippen LogP contribution in [0.3, 0.4) is 0 Å². The Morgan fingerprint density at radius 1 is 1.00 bits per heavy atom. The van der Waals surface area contributed by atoms with Crippen molar-refractivity contribution in [2.45, 2.75) is 0 Å². The highest BCUT2D eigenvalue weighted by Gasteiger charge is 2.22. The van der Waals surface area contributed by atoms with Crippen molar-refractivity contribution in [3.05, 3.63) is 65.0 Å². The normalized spacial score (nSPS) is 14.1. The second-order valence-corrected chi connectivity index (χ2v) is 7.28. The number of methoxy groups -OCH3 is 1. The van der Waals surface area contributed by atoms with Crippen molar-refractivity contribution in [1.82, 2.24) is 9.47 Å². The standard InChI is InChI=1S/C23H25N3O4/c1-24-20-6-4-3-5-19(20)21(15-22(24)27)30-16-23(28)26-13-11-25(12-14-26)17-7-9-18(29-2)10-8-17/h3-10,15H,11-14,16H2,1-2H3. The first kappa shape index (κ1) is 19.8. The van der Waals surface area contributed by atoms with Crippen molar-refractivity contribution < 1.29 is 14.3 Å². The summed E-state index contributed by atoms with van der Waals surface area (Å²) in [5.74, 6) is 1.20. The Kier molecular flexibility index (Phi) is 5.61. The summed E-state index contributed by atoms with van der Waals surface area (Å²) in [5.41, 5.74) is 1.73. The summed E-state index contributed by atoms with van der Waals surface area (Å²) in [6.07, 6.45) is 0. The third kappa shape index (κ3) is 3.96. The van der Waals surface area contributed by atoms with Crippen LogP contribution in [-0.4, -0.2) is 55.3 Å². The van der Waals surface area contributed by atoms with Crippen LogP contribution in [0.4, 0.5) is 5.69 Å². The zero-order chi connectivity index (χ0) is 21.1. The molecule has 0 N–H and O–H groups in total. The Balaban J connectivity index is 1.37. The summed E-state index contributed by atoms with van der Waals surface area (Å²) < 4.78 is 12.5. The maximum absolute atomic E-state index is 12.7. The predicted molar refractivity (Wildman–Crippen MR) is 116 cm³/mol. The zero-order valence-corrected chi connectivity index (χ0v) is 17.2. The summed E-state index contributed by atoms with van der Waals surface area (Å²) in [4.78, 5) is 28.9. The fourth-order valence-electron chi connectivity index (χ4n) is 3.74. The summed E-state index contributed by atoms with van der Waals surface area (Å²) >= 11 is 0. The smallest absolute Gasteiger partial charge is 0.260 e. The number of pyridine rings is 1. The van der Waals surface area contributed by atoms with Gasteiger partial charge in [0.1, 0.15) is 11.5 Å². The number of ether oxygens (including phenoxy) is 2. The molecule has 1 fully saturated rings. The number of benzene rings is 2. The Hall–Kier alpha value is -3.48. The van der Waals surface area contributed by atoms with Crippen LogP contribution in [0.25, 0.3) is 10.9 Å². The summed E-state index contributed by atoms with van der Waals surface area (Å²) in [7, 11) is 3.37. The number of para-hydroxylation sites is 1. The molecule has 0 radical (unpaired) electrons. The number of aromatic nitrogens is 1. The van der Waals surface area contributed by atoms with Crippen LogP contribution < -0.4 is 19.9 Å². The van der Waals surface area contributed by atoms with Gasteiger partial charge in [-0.1, -0.05) is 12.1 Å². The van der Waals surface area contributed by atoms with E-state index in [1.807, 2.05) is 53.4 Å². The SMILES string of the molecule is COc1ccc(N2CCN(C(=O)COc3cc(=O)n(C)c4ccccc34)CC2)cc1. The fraction of sp³-hybridized carbons (Fsp3) is 0.304. The number of fused-ring (bicyclic) bond motifs is 1. The third-order valence-corrected chi connectivity index (χ3v) is 5.54. The molecule has 7 heteroatoms. The number of carbonyl (C=O) groups excluding carboxylic acids is 1. The Labute approximate surface area is 175 Å². The van der Waals surface area contributed by atoms with E-state index in [1.54, 1.807) is 18.7 Å². The molecule has 0 bridgehead atoms. The Bertz CT molecular complexity index is 1100. The number of piperazine rings is 1. The molecule has 1 aromatic heterocycles. The van der Waals surface area contributed by atoms with Crippen LogP contribution in [-0.2, 0) is 11.8 Å². The first-order chi connectivity index (χ1) is 14.6. The molecule has 1 aliphatic heterocycles. The topological polar surface area (TPSA) is 64.0 Å². The molecule has 1 aliphatic rings. The van der Waals surface area contributed by atoms with Gasteiger partial charge in [0.05, 0.1) is 12.6 Å². The highest BCUT2D eigenvalue weighted by Crippen LogP contribution is 2.23. The van der Waals surface area contributed by atoms with E-state index in [0.29, 0.717) is 18.8 Å². The van der Waals surface area contributed by atoms with Gasteiger partial charge in [0, 0.05) is 50.4 Å². The largest absolute Gasteiger partial charge is 0.497 e. The fourth-order valence-corrected chi connectivity index (χ4v) is 3.74. The summed E-state index contributed by atoms with van der Waals surface area (Å²) in [5, 5.41) is 0.816. The van der Waals surface area contributed by atoms with Crippen molar-refractivity contribution in [3.8, 4) is 11.5 Å². The molecule has 0 saturated carbocycles. The minimum Gasteiger partial charge on any atom is -0.497 e. The van der Waals surface area contributed by atoms with Crippen LogP contribution in [0.2, 0.25) is 0 Å². The Morgan fingerprint density at radius 2 is 1.70 bits per heavy atom. The van der Waals surface area contributed by atoms with E-state index in [1.165, 1.54) is 6.07 Å². The first-order valence-electron chi connectivity index (χ1n) is 9.95. The molecule has 0 unspecified atom stereocenters. The van der Waals surface area contributed by atoms with Crippen molar-refractivity contribution >= 4 is 22.5 Å². The van der Waals surface area contributed by atoms with Crippen molar-refractivity contribution in [2.24, 2.45) is 7.05 Å². The van der Waals surface area contributed by atoms with Gasteiger partial charge in [-0.25, -0.2) is 0 Å². The monoisotopic (exact) mass is 407 g/mol. The van der Waals surface area contributed by atoms with Crippen molar-refractivity contribution in [2.75, 3.05) is 44.8 Å². The van der Waals surface area contributed by atoms with E-state index >= 15 is 0 Å². The van der Waals surface area contributed by atoms with Gasteiger partial charge in [-0.2, -0.15) is 0 Å². The number of rotatable bonds is 5. The second kappa shape index (κ2) is 8.49. The van der Waals surface area contributed by atoms with Gasteiger partial charge < -0.3 is 23.8 Å². The lowest BCUT2D eigenvalue weighted by Gasteiger charge is -2.36. The molecule has 156 valence electrons. The maximum atomic E-state index is 12.7. The number of nitrogens with zero attached hydrogens (tertiary/aromatic N) is 3. The van der Waals surface area contributed by atoms with Gasteiger partial charge in [0.2, 0.25) is 0 Å². The molecule has 1 saturated heterocycles. The maximum Gasteiger partial charge on any atom is 0.260 e. The average molecular weight is 407 g/mol. The highest BCUT2D eigenvalue weighted by molar-refractivity contribution is 5.86. The van der Waals surface area contributed by atoms with E-state index in [4.69, 9.17) is 9.47 Å². The average Bonchev–Trinajstić information content (AvgIpc) is 2.80. The molecular formula is C23H25N3O4. The molecule has 3 aromatic rings. The first-order valence-corrected chi connectivity index (χ1v) is 9.95. The van der Waals surface area contributed by atoms with Crippen LogP contribution in [0.5, 0.6) is 11.5 Å². The lowest BCUT2D eigenvalue weighted by Crippen LogP contribution is -2.50. The number of amides is 1. The molecule has 2 heterocycles. The van der Waals surface area contributed by atoms with E-state index in [-0.39, 0.29) is 18.1 Å². The summed E-state index contributed by atoms with van der Waals surface area (Å²) in [6.45, 7) is 2.69. The lowest BCUT2D eigenvalue weighted by molar-refractivity contribution is -0.133. The number of aryl methyl sites for hydroxylation is 1.